The minimum atomic E-state index is -1.60. The number of rotatable bonds is 4. The largest absolute Gasteiger partial charge is 0.476 e. The van der Waals surface area contributed by atoms with Gasteiger partial charge in [0.15, 0.2) is 23.3 Å². The highest BCUT2D eigenvalue weighted by Gasteiger charge is 2.29. The fourth-order valence-electron chi connectivity index (χ4n) is 3.36. The predicted molar refractivity (Wildman–Crippen MR) is 107 cm³/mol. The van der Waals surface area contributed by atoms with E-state index in [1.54, 1.807) is 11.0 Å². The normalized spacial score (nSPS) is 15.5. The zero-order valence-corrected chi connectivity index (χ0v) is 16.9. The Morgan fingerprint density at radius 1 is 1.16 bits per heavy atom. The van der Waals surface area contributed by atoms with E-state index in [-0.39, 0.29) is 29.6 Å². The van der Waals surface area contributed by atoms with E-state index < -0.39 is 23.5 Å². The second-order valence-corrected chi connectivity index (χ2v) is 7.16. The van der Waals surface area contributed by atoms with Crippen molar-refractivity contribution in [2.24, 2.45) is 4.99 Å². The van der Waals surface area contributed by atoms with E-state index in [0.29, 0.717) is 30.7 Å². The van der Waals surface area contributed by atoms with E-state index in [0.717, 1.165) is 12.4 Å². The van der Waals surface area contributed by atoms with Gasteiger partial charge >= 0.3 is 6.03 Å². The van der Waals surface area contributed by atoms with Crippen molar-refractivity contribution in [2.75, 3.05) is 20.1 Å². The first kappa shape index (κ1) is 21.2. The maximum atomic E-state index is 13.4. The van der Waals surface area contributed by atoms with Crippen molar-refractivity contribution in [2.45, 2.75) is 13.0 Å². The fraction of sp³-hybridized carbons (Fsp3) is 0.227. The van der Waals surface area contributed by atoms with E-state index in [4.69, 9.17) is 9.47 Å². The molecule has 0 atom stereocenters. The topological polar surface area (TPSA) is 78.2 Å². The number of aliphatic imine (C=N–C) groups is 1. The average Bonchev–Trinajstić information content (AvgIpc) is 3.06. The lowest BCUT2D eigenvalue weighted by molar-refractivity contribution is 0.223. The lowest BCUT2D eigenvalue weighted by Crippen LogP contribution is -2.25. The zero-order valence-electron chi connectivity index (χ0n) is 16.9. The monoisotopic (exact) mass is 442 g/mol. The van der Waals surface area contributed by atoms with Gasteiger partial charge in [-0.25, -0.2) is 18.0 Å². The summed E-state index contributed by atoms with van der Waals surface area (Å²) in [7, 11) is 1.90. The molecule has 0 aliphatic carbocycles. The van der Waals surface area contributed by atoms with Crippen molar-refractivity contribution in [3.63, 3.8) is 0 Å². The van der Waals surface area contributed by atoms with Crippen LogP contribution in [0.15, 0.2) is 47.2 Å². The SMILES string of the molecule is CN1CCN2C(=O)N=C(OCc3ccc(Oc4cc(F)c(F)c(F)c4)c(C#N)c3)CC=C12. The molecule has 2 aromatic carbocycles. The average molecular weight is 442 g/mol. The summed E-state index contributed by atoms with van der Waals surface area (Å²) in [4.78, 5) is 19.9. The van der Waals surface area contributed by atoms with Gasteiger partial charge in [-0.1, -0.05) is 6.07 Å². The number of benzene rings is 2. The summed E-state index contributed by atoms with van der Waals surface area (Å²) in [5.41, 5.74) is 0.676. The number of hydrogen-bond acceptors (Lipinski definition) is 5. The van der Waals surface area contributed by atoms with Crippen molar-refractivity contribution in [1.82, 2.24) is 9.80 Å². The lowest BCUT2D eigenvalue weighted by Gasteiger charge is -2.16. The standard InChI is InChI=1S/C22H17F3N4O3/c1-28-6-7-29-20(28)5-4-19(27-22(29)30)31-12-13-2-3-18(14(8-13)11-26)32-15-9-16(23)21(25)17(24)10-15/h2-3,5,8-10H,4,6-7,12H2,1H3. The third-order valence-corrected chi connectivity index (χ3v) is 4.99. The first-order valence-corrected chi connectivity index (χ1v) is 9.64. The molecule has 32 heavy (non-hydrogen) atoms. The summed E-state index contributed by atoms with van der Waals surface area (Å²) in [6.45, 7) is 1.35. The maximum Gasteiger partial charge on any atom is 0.352 e. The van der Waals surface area contributed by atoms with Crippen LogP contribution in [0.4, 0.5) is 18.0 Å². The molecule has 164 valence electrons. The van der Waals surface area contributed by atoms with Crippen LogP contribution in [-0.2, 0) is 11.3 Å². The summed E-state index contributed by atoms with van der Waals surface area (Å²) in [6, 6.07) is 7.43. The van der Waals surface area contributed by atoms with Gasteiger partial charge in [0.25, 0.3) is 0 Å². The third kappa shape index (κ3) is 4.23. The summed E-state index contributed by atoms with van der Waals surface area (Å²) >= 11 is 0. The predicted octanol–water partition coefficient (Wildman–Crippen LogP) is 4.30. The minimum Gasteiger partial charge on any atom is -0.476 e. The number of hydrogen-bond donors (Lipinski definition) is 0. The molecule has 10 heteroatoms. The Morgan fingerprint density at radius 3 is 2.62 bits per heavy atom. The summed E-state index contributed by atoms with van der Waals surface area (Å²) in [5, 5.41) is 9.41. The highest BCUT2D eigenvalue weighted by Crippen LogP contribution is 2.29. The quantitative estimate of drug-likeness (QED) is 0.660. The number of likely N-dealkylation sites (N-methyl/N-ethyl adjacent to an activating group) is 1. The van der Waals surface area contributed by atoms with E-state index in [1.165, 1.54) is 12.1 Å². The van der Waals surface area contributed by atoms with E-state index in [1.807, 2.05) is 24.1 Å². The van der Waals surface area contributed by atoms with E-state index in [9.17, 15) is 23.2 Å². The number of carbonyl (C=O) groups excluding carboxylic acids is 1. The minimum absolute atomic E-state index is 0.0389. The molecule has 0 radical (unpaired) electrons. The van der Waals surface area contributed by atoms with Crippen LogP contribution in [0.3, 0.4) is 0 Å². The maximum absolute atomic E-state index is 13.4. The van der Waals surface area contributed by atoms with Crippen LogP contribution in [0.5, 0.6) is 11.5 Å². The molecule has 4 rings (SSSR count). The van der Waals surface area contributed by atoms with Crippen molar-refractivity contribution in [1.29, 1.82) is 5.26 Å². The van der Waals surface area contributed by atoms with E-state index >= 15 is 0 Å². The first-order chi connectivity index (χ1) is 15.4. The smallest absolute Gasteiger partial charge is 0.352 e. The molecule has 1 saturated heterocycles. The fourth-order valence-corrected chi connectivity index (χ4v) is 3.36. The highest BCUT2D eigenvalue weighted by molar-refractivity contribution is 5.93. The second-order valence-electron chi connectivity index (χ2n) is 7.16. The van der Waals surface area contributed by atoms with Crippen LogP contribution >= 0.6 is 0 Å². The van der Waals surface area contributed by atoms with Gasteiger partial charge in [0.2, 0.25) is 0 Å². The Kier molecular flexibility index (Phi) is 5.73. The van der Waals surface area contributed by atoms with Crippen LogP contribution in [0.25, 0.3) is 0 Å². The van der Waals surface area contributed by atoms with Gasteiger partial charge in [-0.3, -0.25) is 4.90 Å². The van der Waals surface area contributed by atoms with Gasteiger partial charge in [-0.15, -0.1) is 0 Å². The van der Waals surface area contributed by atoms with Crippen LogP contribution in [0.2, 0.25) is 0 Å². The molecule has 1 fully saturated rings. The van der Waals surface area contributed by atoms with Gasteiger partial charge in [0, 0.05) is 38.7 Å². The lowest BCUT2D eigenvalue weighted by atomic mass is 10.1. The molecule has 0 aromatic heterocycles. The molecular weight excluding hydrogens is 425 g/mol. The van der Waals surface area contributed by atoms with Crippen LogP contribution in [0, 0.1) is 28.8 Å². The Hall–Kier alpha value is -4.00. The molecule has 7 nitrogen and oxygen atoms in total. The molecule has 2 aromatic rings. The molecule has 2 amide bonds. The molecule has 2 heterocycles. The number of ether oxygens (including phenoxy) is 2. The van der Waals surface area contributed by atoms with Crippen molar-refractivity contribution >= 4 is 11.9 Å². The molecule has 2 aliphatic rings. The Balaban J connectivity index is 1.46. The van der Waals surface area contributed by atoms with Gasteiger partial charge in [-0.2, -0.15) is 10.3 Å². The van der Waals surface area contributed by atoms with Crippen molar-refractivity contribution in [3.8, 4) is 17.6 Å². The molecule has 0 saturated carbocycles. The summed E-state index contributed by atoms with van der Waals surface area (Å²) < 4.78 is 50.9. The Bertz CT molecular complexity index is 1170. The number of nitriles is 1. The number of urea groups is 1. The first-order valence-electron chi connectivity index (χ1n) is 9.64. The molecule has 0 spiro atoms. The molecule has 0 bridgehead atoms. The van der Waals surface area contributed by atoms with Gasteiger partial charge in [-0.05, 0) is 23.8 Å². The Morgan fingerprint density at radius 2 is 1.91 bits per heavy atom. The third-order valence-electron chi connectivity index (χ3n) is 4.99. The molecule has 2 aliphatic heterocycles. The zero-order chi connectivity index (χ0) is 22.8. The number of halogens is 3. The van der Waals surface area contributed by atoms with Gasteiger partial charge in [0.1, 0.15) is 30.0 Å². The van der Waals surface area contributed by atoms with Crippen molar-refractivity contribution < 1.29 is 27.4 Å². The number of amides is 2. The van der Waals surface area contributed by atoms with Crippen LogP contribution < -0.4 is 4.74 Å². The number of nitrogens with zero attached hydrogens (tertiary/aromatic N) is 4. The summed E-state index contributed by atoms with van der Waals surface area (Å²) in [5.74, 6) is -3.61. The molecular formula is C22H17F3N4O3. The highest BCUT2D eigenvalue weighted by atomic mass is 19.2. The van der Waals surface area contributed by atoms with Gasteiger partial charge < -0.3 is 14.4 Å². The number of fused-ring (bicyclic) bond motifs is 1. The van der Waals surface area contributed by atoms with Crippen LogP contribution in [-0.4, -0.2) is 41.9 Å². The molecule has 0 N–H and O–H groups in total. The van der Waals surface area contributed by atoms with Gasteiger partial charge in [0.05, 0.1) is 5.56 Å². The summed E-state index contributed by atoms with van der Waals surface area (Å²) in [6.07, 6.45) is 2.21. The van der Waals surface area contributed by atoms with E-state index in [2.05, 4.69) is 4.99 Å². The second kappa shape index (κ2) is 8.63. The Labute approximate surface area is 181 Å². The number of carbonyl (C=O) groups is 1. The molecule has 0 unspecified atom stereocenters. The van der Waals surface area contributed by atoms with Crippen molar-refractivity contribution in [3.05, 3.63) is 70.8 Å². The van der Waals surface area contributed by atoms with Crippen LogP contribution in [0.1, 0.15) is 17.5 Å².